The van der Waals surface area contributed by atoms with Crippen molar-refractivity contribution < 1.29 is 4.79 Å². The molecule has 2 heteroatoms. The van der Waals surface area contributed by atoms with Crippen LogP contribution < -0.4 is 5.30 Å². The molecule has 0 aromatic heterocycles. The Bertz CT molecular complexity index is 630. The van der Waals surface area contributed by atoms with E-state index in [1.54, 1.807) is 0 Å². The molecule has 0 aliphatic carbocycles. The molecule has 2 rings (SSSR count). The molecule has 1 unspecified atom stereocenters. The second kappa shape index (κ2) is 6.33. The summed E-state index contributed by atoms with van der Waals surface area (Å²) < 4.78 is 0. The molecule has 2 aromatic rings. The van der Waals surface area contributed by atoms with Crippen molar-refractivity contribution in [1.82, 2.24) is 0 Å². The van der Waals surface area contributed by atoms with Crippen LogP contribution in [0.4, 0.5) is 0 Å². The minimum atomic E-state index is 0.204. The molecule has 0 radical (unpaired) electrons. The molecule has 0 saturated heterocycles. The van der Waals surface area contributed by atoms with E-state index in [1.807, 2.05) is 37.3 Å². The Morgan fingerprint density at radius 1 is 1.05 bits per heavy atom. The van der Waals surface area contributed by atoms with Crippen molar-refractivity contribution in [3.8, 4) is 0 Å². The fourth-order valence-electron chi connectivity index (χ4n) is 2.83. The summed E-state index contributed by atoms with van der Waals surface area (Å²) >= 11 is 0. The molecule has 0 heterocycles. The Balaban J connectivity index is 2.40. The standard InChI is InChI=1S/C18H21OP/c1-5-16-12(2)11-13(3)17(14(16)4)18(19)20-15-9-7-6-8-10-15/h6-11,20H,5H2,1-4H3. The van der Waals surface area contributed by atoms with Crippen molar-refractivity contribution in [3.05, 3.63) is 64.2 Å². The molecule has 0 amide bonds. The second-order valence-electron chi connectivity index (χ2n) is 5.16. The van der Waals surface area contributed by atoms with Gasteiger partial charge < -0.3 is 0 Å². The van der Waals surface area contributed by atoms with Crippen LogP contribution in [0, 0.1) is 20.8 Å². The average molecular weight is 284 g/mol. The Morgan fingerprint density at radius 3 is 2.30 bits per heavy atom. The molecule has 0 spiro atoms. The summed E-state index contributed by atoms with van der Waals surface area (Å²) in [5.41, 5.74) is 6.05. The molecule has 1 nitrogen and oxygen atoms in total. The number of benzene rings is 2. The van der Waals surface area contributed by atoms with Crippen molar-refractivity contribution in [2.75, 3.05) is 0 Å². The highest BCUT2D eigenvalue weighted by atomic mass is 31.1. The van der Waals surface area contributed by atoms with Crippen molar-refractivity contribution in [2.45, 2.75) is 34.1 Å². The number of carbonyl (C=O) groups excluding carboxylic acids is 1. The van der Waals surface area contributed by atoms with Crippen LogP contribution in [-0.2, 0) is 6.42 Å². The Kier molecular flexibility index (Phi) is 4.73. The maximum atomic E-state index is 12.6. The minimum Gasteiger partial charge on any atom is -0.289 e. The van der Waals surface area contributed by atoms with Crippen LogP contribution in [0.2, 0.25) is 0 Å². The number of hydrogen-bond donors (Lipinski definition) is 0. The van der Waals surface area contributed by atoms with Crippen molar-refractivity contribution in [3.63, 3.8) is 0 Å². The fraction of sp³-hybridized carbons (Fsp3) is 0.278. The number of carbonyl (C=O) groups is 1. The topological polar surface area (TPSA) is 17.1 Å². The van der Waals surface area contributed by atoms with E-state index in [-0.39, 0.29) is 14.1 Å². The molecule has 0 aliphatic rings. The first-order valence-corrected chi connectivity index (χ1v) is 8.00. The van der Waals surface area contributed by atoms with Gasteiger partial charge >= 0.3 is 0 Å². The summed E-state index contributed by atoms with van der Waals surface area (Å²) in [6.07, 6.45) is 0.979. The average Bonchev–Trinajstić information content (AvgIpc) is 2.39. The number of hydrogen-bond acceptors (Lipinski definition) is 1. The number of aryl methyl sites for hydroxylation is 2. The van der Waals surface area contributed by atoms with Gasteiger partial charge in [0.2, 0.25) is 0 Å². The van der Waals surface area contributed by atoms with Crippen molar-refractivity contribution in [2.24, 2.45) is 0 Å². The summed E-state index contributed by atoms with van der Waals surface area (Å²) in [5, 5.41) is 1.11. The van der Waals surface area contributed by atoms with Crippen LogP contribution in [0.1, 0.15) is 39.5 Å². The lowest BCUT2D eigenvalue weighted by molar-refractivity contribution is 0.108. The molecule has 0 bridgehead atoms. The zero-order valence-electron chi connectivity index (χ0n) is 12.6. The Morgan fingerprint density at radius 2 is 1.70 bits per heavy atom. The Hall–Kier alpha value is -1.46. The van der Waals surface area contributed by atoms with Gasteiger partial charge in [0.1, 0.15) is 0 Å². The lowest BCUT2D eigenvalue weighted by atomic mass is 9.93. The lowest BCUT2D eigenvalue weighted by Crippen LogP contribution is -2.07. The van der Waals surface area contributed by atoms with E-state index < -0.39 is 0 Å². The smallest absolute Gasteiger partial charge is 0.186 e. The highest BCUT2D eigenvalue weighted by Gasteiger charge is 2.16. The first kappa shape index (κ1) is 14.9. The van der Waals surface area contributed by atoms with Crippen LogP contribution in [0.15, 0.2) is 36.4 Å². The third-order valence-electron chi connectivity index (χ3n) is 3.74. The maximum absolute atomic E-state index is 12.6. The summed E-state index contributed by atoms with van der Waals surface area (Å²) in [4.78, 5) is 12.6. The zero-order chi connectivity index (χ0) is 14.7. The first-order valence-electron chi connectivity index (χ1n) is 7.00. The molecule has 104 valence electrons. The number of rotatable bonds is 4. The van der Waals surface area contributed by atoms with E-state index in [9.17, 15) is 4.79 Å². The summed E-state index contributed by atoms with van der Waals surface area (Å²) in [6.45, 7) is 8.41. The van der Waals surface area contributed by atoms with E-state index >= 15 is 0 Å². The van der Waals surface area contributed by atoms with Crippen LogP contribution in [0.25, 0.3) is 0 Å². The highest BCUT2D eigenvalue weighted by molar-refractivity contribution is 7.66. The van der Waals surface area contributed by atoms with E-state index in [0.717, 1.165) is 22.9 Å². The SMILES string of the molecule is CCc1c(C)cc(C)c(C(=O)Pc2ccccc2)c1C. The molecule has 0 N–H and O–H groups in total. The van der Waals surface area contributed by atoms with Gasteiger partial charge in [0, 0.05) is 5.56 Å². The third-order valence-corrected chi connectivity index (χ3v) is 4.84. The molecular weight excluding hydrogens is 263 g/mol. The van der Waals surface area contributed by atoms with Gasteiger partial charge in [0.05, 0.1) is 0 Å². The van der Waals surface area contributed by atoms with Gasteiger partial charge in [-0.25, -0.2) is 0 Å². The quantitative estimate of drug-likeness (QED) is 0.764. The highest BCUT2D eigenvalue weighted by Crippen LogP contribution is 2.28. The van der Waals surface area contributed by atoms with Gasteiger partial charge in [-0.3, -0.25) is 4.79 Å². The van der Waals surface area contributed by atoms with Gasteiger partial charge in [0.25, 0.3) is 0 Å². The fourth-order valence-corrected chi connectivity index (χ4v) is 3.97. The molecule has 1 atom stereocenters. The van der Waals surface area contributed by atoms with E-state index in [4.69, 9.17) is 0 Å². The van der Waals surface area contributed by atoms with Gasteiger partial charge in [-0.2, -0.15) is 0 Å². The zero-order valence-corrected chi connectivity index (χ0v) is 13.6. The van der Waals surface area contributed by atoms with Crippen molar-refractivity contribution >= 4 is 19.4 Å². The van der Waals surface area contributed by atoms with Gasteiger partial charge in [-0.15, -0.1) is 0 Å². The van der Waals surface area contributed by atoms with E-state index in [1.165, 1.54) is 16.7 Å². The molecule has 2 aromatic carbocycles. The van der Waals surface area contributed by atoms with Crippen LogP contribution in [0.5, 0.6) is 0 Å². The Labute approximate surface area is 123 Å². The molecule has 20 heavy (non-hydrogen) atoms. The summed E-state index contributed by atoms with van der Waals surface area (Å²) in [7, 11) is 0.204. The predicted octanol–water partition coefficient (Wildman–Crippen LogP) is 4.32. The molecular formula is C18H21OP. The van der Waals surface area contributed by atoms with Crippen LogP contribution in [-0.4, -0.2) is 5.52 Å². The third kappa shape index (κ3) is 2.99. The summed E-state index contributed by atoms with van der Waals surface area (Å²) in [5.74, 6) is 0. The lowest BCUT2D eigenvalue weighted by Gasteiger charge is -2.15. The normalized spacial score (nSPS) is 11.2. The van der Waals surface area contributed by atoms with Gasteiger partial charge in [0.15, 0.2) is 5.52 Å². The monoisotopic (exact) mass is 284 g/mol. The molecule has 0 fully saturated rings. The van der Waals surface area contributed by atoms with E-state index in [0.29, 0.717) is 0 Å². The van der Waals surface area contributed by atoms with Crippen LogP contribution >= 0.6 is 8.58 Å². The summed E-state index contributed by atoms with van der Waals surface area (Å²) in [6, 6.07) is 12.2. The maximum Gasteiger partial charge on any atom is 0.186 e. The van der Waals surface area contributed by atoms with Crippen LogP contribution in [0.3, 0.4) is 0 Å². The molecule has 0 aliphatic heterocycles. The van der Waals surface area contributed by atoms with Crippen molar-refractivity contribution in [1.29, 1.82) is 0 Å². The van der Waals surface area contributed by atoms with Gasteiger partial charge in [-0.05, 0) is 63.3 Å². The largest absolute Gasteiger partial charge is 0.289 e. The predicted molar refractivity (Wildman–Crippen MR) is 88.8 cm³/mol. The van der Waals surface area contributed by atoms with Gasteiger partial charge in [-0.1, -0.05) is 43.3 Å². The molecule has 0 saturated carbocycles. The first-order chi connectivity index (χ1) is 9.54. The minimum absolute atomic E-state index is 0.204. The van der Waals surface area contributed by atoms with E-state index in [2.05, 4.69) is 26.8 Å². The second-order valence-corrected chi connectivity index (χ2v) is 6.44.